The van der Waals surface area contributed by atoms with Crippen LogP contribution in [0, 0.1) is 10.1 Å². The molecule has 0 saturated heterocycles. The van der Waals surface area contributed by atoms with Crippen molar-refractivity contribution in [2.24, 2.45) is 0 Å². The molecule has 1 aliphatic heterocycles. The van der Waals surface area contributed by atoms with Crippen LogP contribution in [0.25, 0.3) is 0 Å². The molecule has 0 unspecified atom stereocenters. The fourth-order valence-electron chi connectivity index (χ4n) is 1.55. The molecule has 1 aromatic carbocycles. The van der Waals surface area contributed by atoms with E-state index in [9.17, 15) is 10.1 Å². The molecule has 0 radical (unpaired) electrons. The second kappa shape index (κ2) is 2.99. The lowest BCUT2D eigenvalue weighted by molar-refractivity contribution is -0.385. The Morgan fingerprint density at radius 1 is 1.54 bits per heavy atom. The molecule has 4 nitrogen and oxygen atoms in total. The number of nitro benzene ring substituents is 1. The lowest BCUT2D eigenvalue weighted by Gasteiger charge is -2.07. The van der Waals surface area contributed by atoms with E-state index in [0.29, 0.717) is 0 Å². The first-order chi connectivity index (χ1) is 6.20. The molecule has 68 valence electrons. The van der Waals surface area contributed by atoms with Gasteiger partial charge in [0.25, 0.3) is 5.69 Å². The first-order valence-electron chi connectivity index (χ1n) is 3.90. The van der Waals surface area contributed by atoms with Crippen molar-refractivity contribution in [1.29, 1.82) is 0 Å². The van der Waals surface area contributed by atoms with Crippen LogP contribution in [-0.2, 0) is 6.42 Å². The molecule has 0 aromatic heterocycles. The highest BCUT2D eigenvalue weighted by atomic mass is 79.9. The highest BCUT2D eigenvalue weighted by Crippen LogP contribution is 2.36. The van der Waals surface area contributed by atoms with Gasteiger partial charge in [0.05, 0.1) is 16.2 Å². The number of nitro groups is 1. The lowest BCUT2D eigenvalue weighted by atomic mass is 10.1. The van der Waals surface area contributed by atoms with Crippen LogP contribution < -0.4 is 3.93 Å². The maximum absolute atomic E-state index is 10.6. The quantitative estimate of drug-likeness (QED) is 0.431. The molecule has 13 heavy (non-hydrogen) atoms. The third kappa shape index (κ3) is 1.29. The summed E-state index contributed by atoms with van der Waals surface area (Å²) in [5.74, 6) is 0. The molecule has 1 aromatic rings. The highest BCUT2D eigenvalue weighted by molar-refractivity contribution is 9.10. The van der Waals surface area contributed by atoms with Crippen LogP contribution in [0.3, 0.4) is 0 Å². The summed E-state index contributed by atoms with van der Waals surface area (Å²) < 4.78 is 1.86. The molecular weight excluding hydrogens is 236 g/mol. The molecule has 0 N–H and O–H groups in total. The van der Waals surface area contributed by atoms with Gasteiger partial charge in [-0.15, -0.1) is 0 Å². The molecule has 0 spiro atoms. The Bertz CT molecular complexity index is 367. The summed E-state index contributed by atoms with van der Waals surface area (Å²) in [6.07, 6.45) is 0.734. The van der Waals surface area contributed by atoms with Gasteiger partial charge in [-0.05, 0) is 12.5 Å². The predicted octanol–water partition coefficient (Wildman–Crippen LogP) is 2.27. The molecule has 5 heteroatoms. The summed E-state index contributed by atoms with van der Waals surface area (Å²) in [5.41, 5.74) is 1.96. The van der Waals surface area contributed by atoms with E-state index in [1.165, 1.54) is 0 Å². The van der Waals surface area contributed by atoms with E-state index >= 15 is 0 Å². The number of nitrogens with zero attached hydrogens (tertiary/aromatic N) is 2. The van der Waals surface area contributed by atoms with Gasteiger partial charge in [0.2, 0.25) is 0 Å². The van der Waals surface area contributed by atoms with E-state index in [1.807, 2.05) is 9.99 Å². The van der Waals surface area contributed by atoms with Crippen LogP contribution in [0.1, 0.15) is 5.56 Å². The van der Waals surface area contributed by atoms with Crippen molar-refractivity contribution >= 4 is 27.5 Å². The van der Waals surface area contributed by atoms with Crippen molar-refractivity contribution in [3.8, 4) is 0 Å². The topological polar surface area (TPSA) is 46.4 Å². The summed E-state index contributed by atoms with van der Waals surface area (Å²) in [5, 5.41) is 10.6. The average Bonchev–Trinajstić information content (AvgIpc) is 2.48. The van der Waals surface area contributed by atoms with Gasteiger partial charge >= 0.3 is 0 Å². The lowest BCUT2D eigenvalue weighted by Crippen LogP contribution is -2.03. The minimum atomic E-state index is -0.328. The summed E-state index contributed by atoms with van der Waals surface area (Å²) in [6.45, 7) is 0.792. The van der Waals surface area contributed by atoms with Crippen molar-refractivity contribution in [1.82, 2.24) is 0 Å². The Morgan fingerprint density at radius 2 is 2.31 bits per heavy atom. The summed E-state index contributed by atoms with van der Waals surface area (Å²) in [6, 6.07) is 5.13. The third-order valence-electron chi connectivity index (χ3n) is 2.14. The van der Waals surface area contributed by atoms with E-state index in [0.717, 1.165) is 24.2 Å². The van der Waals surface area contributed by atoms with E-state index in [1.54, 1.807) is 12.1 Å². The smallest absolute Gasteiger partial charge is 0.274 e. The fourth-order valence-corrected chi connectivity index (χ4v) is 2.06. The molecular formula is C8H7BrN2O2. The van der Waals surface area contributed by atoms with Gasteiger partial charge in [0, 0.05) is 28.8 Å². The monoisotopic (exact) mass is 242 g/mol. The van der Waals surface area contributed by atoms with Gasteiger partial charge in [-0.3, -0.25) is 10.1 Å². The average molecular weight is 243 g/mol. The van der Waals surface area contributed by atoms with Crippen molar-refractivity contribution in [3.63, 3.8) is 0 Å². The number of hydrogen-bond donors (Lipinski definition) is 0. The molecule has 2 rings (SSSR count). The standard InChI is InChI=1S/C8H7BrN2O2/c9-10-5-4-6-7(10)2-1-3-8(6)11(12)13/h1-3H,4-5H2. The van der Waals surface area contributed by atoms with Gasteiger partial charge in [0.1, 0.15) is 0 Å². The first-order valence-corrected chi connectivity index (χ1v) is 4.60. The summed E-state index contributed by atoms with van der Waals surface area (Å²) in [7, 11) is 0. The summed E-state index contributed by atoms with van der Waals surface area (Å²) in [4.78, 5) is 10.3. The Kier molecular flexibility index (Phi) is 1.95. The third-order valence-corrected chi connectivity index (χ3v) is 2.88. The molecule has 0 bridgehead atoms. The van der Waals surface area contributed by atoms with Crippen molar-refractivity contribution in [3.05, 3.63) is 33.9 Å². The first kappa shape index (κ1) is 8.50. The van der Waals surface area contributed by atoms with Gasteiger partial charge < -0.3 is 3.93 Å². The number of anilines is 1. The Hall–Kier alpha value is -1.10. The zero-order valence-electron chi connectivity index (χ0n) is 6.74. The Balaban J connectivity index is 2.57. The number of benzene rings is 1. The van der Waals surface area contributed by atoms with Gasteiger partial charge in [0.15, 0.2) is 0 Å². The SMILES string of the molecule is O=[N+]([O-])c1cccc2c1CCN2Br. The molecule has 0 atom stereocenters. The molecule has 0 saturated carbocycles. The Morgan fingerprint density at radius 3 is 3.00 bits per heavy atom. The zero-order chi connectivity index (χ0) is 9.42. The summed E-state index contributed by atoms with van der Waals surface area (Å²) >= 11 is 3.33. The number of fused-ring (bicyclic) bond motifs is 1. The number of hydrogen-bond acceptors (Lipinski definition) is 3. The van der Waals surface area contributed by atoms with Crippen LogP contribution in [0.5, 0.6) is 0 Å². The zero-order valence-corrected chi connectivity index (χ0v) is 8.32. The number of halogens is 1. The maximum atomic E-state index is 10.6. The normalized spacial score (nSPS) is 14.4. The second-order valence-corrected chi connectivity index (χ2v) is 3.72. The van der Waals surface area contributed by atoms with E-state index in [4.69, 9.17) is 0 Å². The Labute approximate surface area is 83.6 Å². The molecule has 1 aliphatic rings. The van der Waals surface area contributed by atoms with Gasteiger partial charge in [-0.25, -0.2) is 0 Å². The predicted molar refractivity (Wildman–Crippen MR) is 53.1 cm³/mol. The minimum absolute atomic E-state index is 0.222. The van der Waals surface area contributed by atoms with Crippen molar-refractivity contribution in [2.45, 2.75) is 6.42 Å². The highest BCUT2D eigenvalue weighted by Gasteiger charge is 2.25. The van der Waals surface area contributed by atoms with E-state index in [-0.39, 0.29) is 10.6 Å². The number of rotatable bonds is 1. The van der Waals surface area contributed by atoms with Crippen LogP contribution in [0.15, 0.2) is 18.2 Å². The molecule has 1 heterocycles. The maximum Gasteiger partial charge on any atom is 0.274 e. The minimum Gasteiger partial charge on any atom is -0.308 e. The van der Waals surface area contributed by atoms with E-state index in [2.05, 4.69) is 16.1 Å². The fraction of sp³-hybridized carbons (Fsp3) is 0.250. The van der Waals surface area contributed by atoms with Crippen LogP contribution in [0.2, 0.25) is 0 Å². The van der Waals surface area contributed by atoms with Crippen molar-refractivity contribution in [2.75, 3.05) is 10.5 Å². The van der Waals surface area contributed by atoms with Crippen LogP contribution in [-0.4, -0.2) is 11.5 Å². The largest absolute Gasteiger partial charge is 0.308 e. The van der Waals surface area contributed by atoms with E-state index < -0.39 is 0 Å². The second-order valence-electron chi connectivity index (χ2n) is 2.87. The van der Waals surface area contributed by atoms with Crippen molar-refractivity contribution < 1.29 is 4.92 Å². The molecule has 0 aliphatic carbocycles. The van der Waals surface area contributed by atoms with Gasteiger partial charge in [-0.2, -0.15) is 0 Å². The molecule has 0 amide bonds. The van der Waals surface area contributed by atoms with Crippen LogP contribution >= 0.6 is 16.1 Å². The van der Waals surface area contributed by atoms with Gasteiger partial charge in [-0.1, -0.05) is 6.07 Å². The molecule has 0 fully saturated rings. The van der Waals surface area contributed by atoms with Crippen LogP contribution in [0.4, 0.5) is 11.4 Å².